The van der Waals surface area contributed by atoms with Crippen molar-refractivity contribution in [1.29, 1.82) is 0 Å². The minimum Gasteiger partial charge on any atom is -0.481 e. The first-order valence-corrected chi connectivity index (χ1v) is 17.0. The van der Waals surface area contributed by atoms with Gasteiger partial charge in [-0.25, -0.2) is 0 Å². The first kappa shape index (κ1) is 38.2. The number of ether oxygens (including phenoxy) is 1. The third-order valence-corrected chi connectivity index (χ3v) is 7.38. The van der Waals surface area contributed by atoms with Gasteiger partial charge in [0.25, 0.3) is 0 Å². The van der Waals surface area contributed by atoms with Crippen LogP contribution < -0.4 is 0 Å². The molecule has 4 heteroatoms. The Morgan fingerprint density at radius 3 is 1.68 bits per heavy atom. The zero-order chi connectivity index (χ0) is 29.4. The Labute approximate surface area is 248 Å². The molecular formula is C36H64O4. The predicted octanol–water partition coefficient (Wildman–Crippen LogP) is 11.4. The van der Waals surface area contributed by atoms with Gasteiger partial charge < -0.3 is 9.84 Å². The second-order valence-electron chi connectivity index (χ2n) is 11.3. The van der Waals surface area contributed by atoms with E-state index in [1.54, 1.807) is 0 Å². The fourth-order valence-electron chi connectivity index (χ4n) is 4.91. The zero-order valence-electron chi connectivity index (χ0n) is 26.4. The summed E-state index contributed by atoms with van der Waals surface area (Å²) in [7, 11) is 0. The Bertz CT molecular complexity index is 649. The van der Waals surface area contributed by atoms with Crippen LogP contribution in [0.1, 0.15) is 174 Å². The topological polar surface area (TPSA) is 63.6 Å². The van der Waals surface area contributed by atoms with Crippen molar-refractivity contribution in [3.63, 3.8) is 0 Å². The van der Waals surface area contributed by atoms with Gasteiger partial charge in [-0.05, 0) is 64.2 Å². The first-order valence-electron chi connectivity index (χ1n) is 17.0. The largest absolute Gasteiger partial charge is 0.481 e. The molecular weight excluding hydrogens is 496 g/mol. The van der Waals surface area contributed by atoms with E-state index >= 15 is 0 Å². The summed E-state index contributed by atoms with van der Waals surface area (Å²) in [6.45, 7) is 4.39. The molecule has 0 rings (SSSR count). The van der Waals surface area contributed by atoms with Crippen LogP contribution in [0, 0.1) is 0 Å². The molecule has 0 saturated heterocycles. The van der Waals surface area contributed by atoms with Crippen LogP contribution in [0.5, 0.6) is 0 Å². The molecule has 0 aliphatic carbocycles. The number of carboxylic acids is 1. The Morgan fingerprint density at radius 2 is 1.07 bits per heavy atom. The van der Waals surface area contributed by atoms with Crippen LogP contribution in [0.3, 0.4) is 0 Å². The van der Waals surface area contributed by atoms with Crippen molar-refractivity contribution < 1.29 is 19.4 Å². The van der Waals surface area contributed by atoms with Gasteiger partial charge in [-0.2, -0.15) is 0 Å². The summed E-state index contributed by atoms with van der Waals surface area (Å²) in [5, 5.41) is 8.94. The quantitative estimate of drug-likeness (QED) is 0.0539. The summed E-state index contributed by atoms with van der Waals surface area (Å²) in [6, 6.07) is 0. The molecule has 0 saturated carbocycles. The molecule has 1 N–H and O–H groups in total. The first-order chi connectivity index (χ1) is 19.6. The molecule has 0 heterocycles. The van der Waals surface area contributed by atoms with Gasteiger partial charge in [0.2, 0.25) is 0 Å². The second-order valence-corrected chi connectivity index (χ2v) is 11.3. The fourth-order valence-corrected chi connectivity index (χ4v) is 4.91. The number of aliphatic carboxylic acids is 1. The second kappa shape index (κ2) is 31.7. The lowest BCUT2D eigenvalue weighted by molar-refractivity contribution is -0.150. The van der Waals surface area contributed by atoms with Gasteiger partial charge in [-0.15, -0.1) is 0 Å². The van der Waals surface area contributed by atoms with Gasteiger partial charge >= 0.3 is 11.9 Å². The van der Waals surface area contributed by atoms with E-state index in [-0.39, 0.29) is 18.5 Å². The van der Waals surface area contributed by atoms with E-state index in [0.717, 1.165) is 44.9 Å². The fraction of sp³-hybridized carbons (Fsp3) is 0.778. The molecule has 0 spiro atoms. The number of esters is 1. The number of rotatable bonds is 30. The van der Waals surface area contributed by atoms with Crippen LogP contribution in [-0.2, 0) is 14.3 Å². The molecule has 232 valence electrons. The van der Waals surface area contributed by atoms with Crippen molar-refractivity contribution in [3.05, 3.63) is 36.5 Å². The average Bonchev–Trinajstić information content (AvgIpc) is 2.93. The third kappa shape index (κ3) is 30.7. The number of allylic oxidation sites excluding steroid dienone is 6. The monoisotopic (exact) mass is 560 g/mol. The highest BCUT2D eigenvalue weighted by Crippen LogP contribution is 2.17. The van der Waals surface area contributed by atoms with Crippen molar-refractivity contribution in [1.82, 2.24) is 0 Å². The summed E-state index contributed by atoms with van der Waals surface area (Å²) in [6.07, 6.45) is 40.2. The van der Waals surface area contributed by atoms with Crippen molar-refractivity contribution in [2.24, 2.45) is 0 Å². The molecule has 40 heavy (non-hydrogen) atoms. The lowest BCUT2D eigenvalue weighted by Gasteiger charge is -2.18. The van der Waals surface area contributed by atoms with Crippen LogP contribution in [0.2, 0.25) is 0 Å². The third-order valence-electron chi connectivity index (χ3n) is 7.38. The standard InChI is InChI=1S/C36H64O4/c1-3-5-7-9-11-12-13-14-15-16-17-18-19-20-21-22-24-26-28-33-36(39)40-34(31-29-32-35(37)38)30-27-25-23-10-8-6-4-2/h5,7,11-12,14-15,34H,3-4,6,8-10,13,16-33H2,1-2H3,(H,37,38)/b7-5-,12-11-,15-14-. The van der Waals surface area contributed by atoms with E-state index in [4.69, 9.17) is 9.84 Å². The highest BCUT2D eigenvalue weighted by molar-refractivity contribution is 5.69. The highest BCUT2D eigenvalue weighted by atomic mass is 16.5. The van der Waals surface area contributed by atoms with E-state index in [1.165, 1.54) is 89.9 Å². The van der Waals surface area contributed by atoms with Crippen molar-refractivity contribution in [2.75, 3.05) is 0 Å². The van der Waals surface area contributed by atoms with Crippen LogP contribution in [0.15, 0.2) is 36.5 Å². The molecule has 4 nitrogen and oxygen atoms in total. The van der Waals surface area contributed by atoms with Gasteiger partial charge in [0.1, 0.15) is 6.10 Å². The van der Waals surface area contributed by atoms with Crippen molar-refractivity contribution >= 4 is 11.9 Å². The highest BCUT2D eigenvalue weighted by Gasteiger charge is 2.15. The van der Waals surface area contributed by atoms with Gasteiger partial charge in [-0.1, -0.05) is 134 Å². The van der Waals surface area contributed by atoms with Crippen LogP contribution in [0.4, 0.5) is 0 Å². The molecule has 0 radical (unpaired) electrons. The Kier molecular flexibility index (Phi) is 30.2. The normalized spacial score (nSPS) is 12.7. The Hall–Kier alpha value is -1.84. The summed E-state index contributed by atoms with van der Waals surface area (Å²) in [5.41, 5.74) is 0. The number of carbonyl (C=O) groups excluding carboxylic acids is 1. The maximum absolute atomic E-state index is 12.4. The minimum atomic E-state index is -0.775. The van der Waals surface area contributed by atoms with Gasteiger partial charge in [0.05, 0.1) is 0 Å². The van der Waals surface area contributed by atoms with Gasteiger partial charge in [-0.3, -0.25) is 9.59 Å². The SMILES string of the molecule is CC/C=C\C/C=C\C/C=C\CCCCCCCCCCCC(=O)OC(CCCCCCCCC)CCCC(=O)O. The molecule has 0 aromatic carbocycles. The van der Waals surface area contributed by atoms with E-state index in [2.05, 4.69) is 50.3 Å². The van der Waals surface area contributed by atoms with Crippen LogP contribution in [0.25, 0.3) is 0 Å². The van der Waals surface area contributed by atoms with Gasteiger partial charge in [0, 0.05) is 12.8 Å². The van der Waals surface area contributed by atoms with E-state index in [9.17, 15) is 9.59 Å². The molecule has 0 aliphatic heterocycles. The van der Waals surface area contributed by atoms with Gasteiger partial charge in [0.15, 0.2) is 0 Å². The number of hydrogen-bond donors (Lipinski definition) is 1. The van der Waals surface area contributed by atoms with Crippen LogP contribution >= 0.6 is 0 Å². The Balaban J connectivity index is 3.74. The smallest absolute Gasteiger partial charge is 0.306 e. The van der Waals surface area contributed by atoms with E-state index in [0.29, 0.717) is 19.3 Å². The number of carbonyl (C=O) groups is 2. The molecule has 0 aromatic rings. The summed E-state index contributed by atoms with van der Waals surface area (Å²) in [5.74, 6) is -0.874. The molecule has 0 aliphatic rings. The lowest BCUT2D eigenvalue weighted by atomic mass is 10.0. The molecule has 0 amide bonds. The lowest BCUT2D eigenvalue weighted by Crippen LogP contribution is -2.18. The van der Waals surface area contributed by atoms with Crippen molar-refractivity contribution in [3.8, 4) is 0 Å². The molecule has 0 fully saturated rings. The predicted molar refractivity (Wildman–Crippen MR) is 172 cm³/mol. The zero-order valence-corrected chi connectivity index (χ0v) is 26.4. The number of unbranched alkanes of at least 4 members (excludes halogenated alkanes) is 15. The maximum atomic E-state index is 12.4. The summed E-state index contributed by atoms with van der Waals surface area (Å²) < 4.78 is 5.77. The summed E-state index contributed by atoms with van der Waals surface area (Å²) in [4.78, 5) is 23.3. The molecule has 0 aromatic heterocycles. The Morgan fingerprint density at radius 1 is 0.575 bits per heavy atom. The van der Waals surface area contributed by atoms with Crippen molar-refractivity contribution in [2.45, 2.75) is 180 Å². The number of hydrogen-bond acceptors (Lipinski definition) is 3. The average molecular weight is 561 g/mol. The van der Waals surface area contributed by atoms with E-state index < -0.39 is 5.97 Å². The molecule has 0 bridgehead atoms. The van der Waals surface area contributed by atoms with Crippen LogP contribution in [-0.4, -0.2) is 23.1 Å². The number of carboxylic acid groups (broad SMARTS) is 1. The minimum absolute atomic E-state index is 0.0996. The molecule has 1 atom stereocenters. The van der Waals surface area contributed by atoms with E-state index in [1.807, 2.05) is 0 Å². The molecule has 1 unspecified atom stereocenters. The maximum Gasteiger partial charge on any atom is 0.306 e. The summed E-state index contributed by atoms with van der Waals surface area (Å²) >= 11 is 0.